The number of unbranched alkanes of at least 4 members (excludes halogenated alkanes) is 1. The summed E-state index contributed by atoms with van der Waals surface area (Å²) < 4.78 is 0. The first-order valence-corrected chi connectivity index (χ1v) is 5.16. The number of rotatable bonds is 3. The summed E-state index contributed by atoms with van der Waals surface area (Å²) in [5.41, 5.74) is 0. The molecule has 0 heteroatoms. The molecule has 0 amide bonds. The molecule has 0 unspecified atom stereocenters. The van der Waals surface area contributed by atoms with Crippen molar-refractivity contribution in [3.8, 4) is 0 Å². The van der Waals surface area contributed by atoms with Gasteiger partial charge in [0.25, 0.3) is 0 Å². The van der Waals surface area contributed by atoms with Crippen molar-refractivity contribution >= 4 is 0 Å². The Morgan fingerprint density at radius 3 is 1.82 bits per heavy atom. The van der Waals surface area contributed by atoms with Crippen LogP contribution in [0, 0.1) is 11.8 Å². The fraction of sp³-hybridized carbons (Fsp3) is 1.00. The fourth-order valence-corrected chi connectivity index (χ4v) is 0.779. The molecule has 0 spiro atoms. The van der Waals surface area contributed by atoms with Gasteiger partial charge in [0.05, 0.1) is 0 Å². The topological polar surface area (TPSA) is 0 Å². The minimum atomic E-state index is 0.903. The molecule has 1 rings (SSSR count). The van der Waals surface area contributed by atoms with Crippen molar-refractivity contribution in [1.29, 1.82) is 0 Å². The van der Waals surface area contributed by atoms with Gasteiger partial charge in [-0.15, -0.1) is 0 Å². The number of hydrogen-bond donors (Lipinski definition) is 0. The summed E-state index contributed by atoms with van der Waals surface area (Å²) in [6.07, 6.45) is 7.12. The van der Waals surface area contributed by atoms with Crippen molar-refractivity contribution in [3.05, 3.63) is 0 Å². The first-order chi connectivity index (χ1) is 5.16. The van der Waals surface area contributed by atoms with Crippen LogP contribution < -0.4 is 0 Å². The van der Waals surface area contributed by atoms with E-state index in [0.29, 0.717) is 0 Å². The smallest absolute Gasteiger partial charge is 0.0443 e. The molecule has 0 heterocycles. The molecule has 0 N–H and O–H groups in total. The zero-order chi connectivity index (χ0) is 8.69. The first-order valence-electron chi connectivity index (χ1n) is 5.16. The van der Waals surface area contributed by atoms with E-state index in [-0.39, 0.29) is 0 Å². The van der Waals surface area contributed by atoms with E-state index in [1.54, 1.807) is 0 Å². The Balaban J connectivity index is 0.000000207. The zero-order valence-corrected chi connectivity index (χ0v) is 8.69. The predicted octanol–water partition coefficient (Wildman–Crippen LogP) is 4.25. The lowest BCUT2D eigenvalue weighted by Crippen LogP contribution is -1.83. The second-order valence-corrected chi connectivity index (χ2v) is 4.22. The molecule has 0 aromatic rings. The fourth-order valence-electron chi connectivity index (χ4n) is 0.779. The van der Waals surface area contributed by atoms with Crippen molar-refractivity contribution < 1.29 is 0 Å². The average Bonchev–Trinajstić information content (AvgIpc) is 2.68. The van der Waals surface area contributed by atoms with E-state index in [1.807, 2.05) is 0 Å². The molecule has 0 aliphatic heterocycles. The Morgan fingerprint density at radius 1 is 1.27 bits per heavy atom. The van der Waals surface area contributed by atoms with Crippen LogP contribution in [-0.4, -0.2) is 0 Å². The highest BCUT2D eigenvalue weighted by Gasteiger charge is 2.12. The first kappa shape index (κ1) is 11.0. The van der Waals surface area contributed by atoms with Gasteiger partial charge in [0, 0.05) is 0 Å². The van der Waals surface area contributed by atoms with Gasteiger partial charge in [-0.2, -0.15) is 0 Å². The van der Waals surface area contributed by atoms with Gasteiger partial charge in [-0.3, -0.25) is 0 Å². The summed E-state index contributed by atoms with van der Waals surface area (Å²) in [4.78, 5) is 0. The van der Waals surface area contributed by atoms with E-state index < -0.39 is 0 Å². The van der Waals surface area contributed by atoms with E-state index in [2.05, 4.69) is 27.7 Å². The van der Waals surface area contributed by atoms with Gasteiger partial charge in [0.15, 0.2) is 0 Å². The van der Waals surface area contributed by atoms with Crippen LogP contribution >= 0.6 is 0 Å². The highest BCUT2D eigenvalue weighted by atomic mass is 14.2. The molecule has 1 aliphatic carbocycles. The molecular formula is C11H24. The molecule has 0 nitrogen and oxygen atoms in total. The summed E-state index contributed by atoms with van der Waals surface area (Å²) in [6.45, 7) is 9.06. The van der Waals surface area contributed by atoms with Crippen molar-refractivity contribution in [2.45, 2.75) is 59.8 Å². The molecule has 0 aromatic heterocycles. The molecule has 11 heavy (non-hydrogen) atoms. The summed E-state index contributed by atoms with van der Waals surface area (Å²) in [6, 6.07) is 0. The summed E-state index contributed by atoms with van der Waals surface area (Å²) >= 11 is 0. The zero-order valence-electron chi connectivity index (χ0n) is 8.69. The highest BCUT2D eigenvalue weighted by molar-refractivity contribution is 4.65. The van der Waals surface area contributed by atoms with Crippen LogP contribution in [0.25, 0.3) is 0 Å². The van der Waals surface area contributed by atoms with Crippen LogP contribution in [0.3, 0.4) is 0 Å². The highest BCUT2D eigenvalue weighted by Crippen LogP contribution is 2.26. The lowest BCUT2D eigenvalue weighted by Gasteiger charge is -1.98. The Kier molecular flexibility index (Phi) is 6.69. The summed E-state index contributed by atoms with van der Waals surface area (Å²) in [5.74, 6) is 1.99. The van der Waals surface area contributed by atoms with Gasteiger partial charge in [-0.25, -0.2) is 0 Å². The van der Waals surface area contributed by atoms with Gasteiger partial charge in [-0.1, -0.05) is 59.8 Å². The van der Waals surface area contributed by atoms with E-state index >= 15 is 0 Å². The Bertz CT molecular complexity index is 70.1. The molecule has 1 saturated carbocycles. The van der Waals surface area contributed by atoms with E-state index in [4.69, 9.17) is 0 Å². The molecule has 0 saturated heterocycles. The van der Waals surface area contributed by atoms with Crippen molar-refractivity contribution in [1.82, 2.24) is 0 Å². The lowest BCUT2D eigenvalue weighted by atomic mass is 10.1. The van der Waals surface area contributed by atoms with Crippen LogP contribution in [0.2, 0.25) is 0 Å². The van der Waals surface area contributed by atoms with Gasteiger partial charge in [-0.05, 0) is 11.8 Å². The van der Waals surface area contributed by atoms with Crippen molar-refractivity contribution in [2.24, 2.45) is 11.8 Å². The average molecular weight is 156 g/mol. The van der Waals surface area contributed by atoms with Crippen molar-refractivity contribution in [2.75, 3.05) is 0 Å². The SMILES string of the molecule is CC1CC1.CCCCC(C)C. The molecule has 0 bridgehead atoms. The van der Waals surface area contributed by atoms with Crippen LogP contribution in [0.5, 0.6) is 0 Å². The summed E-state index contributed by atoms with van der Waals surface area (Å²) in [7, 11) is 0. The van der Waals surface area contributed by atoms with Gasteiger partial charge in [0.2, 0.25) is 0 Å². The number of hydrogen-bond acceptors (Lipinski definition) is 0. The van der Waals surface area contributed by atoms with Gasteiger partial charge < -0.3 is 0 Å². The molecule has 68 valence electrons. The maximum absolute atomic E-state index is 2.28. The van der Waals surface area contributed by atoms with Crippen LogP contribution in [0.1, 0.15) is 59.8 Å². The minimum absolute atomic E-state index is 0.903. The molecular weight excluding hydrogens is 132 g/mol. The Morgan fingerprint density at radius 2 is 1.73 bits per heavy atom. The maximum Gasteiger partial charge on any atom is -0.0443 e. The largest absolute Gasteiger partial charge is 0.0654 e. The minimum Gasteiger partial charge on any atom is -0.0654 e. The quantitative estimate of drug-likeness (QED) is 0.573. The van der Waals surface area contributed by atoms with E-state index in [0.717, 1.165) is 11.8 Å². The third-order valence-corrected chi connectivity index (χ3v) is 2.00. The normalized spacial score (nSPS) is 16.1. The van der Waals surface area contributed by atoms with Gasteiger partial charge in [0.1, 0.15) is 0 Å². The molecule has 1 fully saturated rings. The summed E-state index contributed by atoms with van der Waals surface area (Å²) in [5, 5.41) is 0. The van der Waals surface area contributed by atoms with Crippen LogP contribution in [-0.2, 0) is 0 Å². The maximum atomic E-state index is 2.28. The molecule has 0 atom stereocenters. The molecule has 1 aliphatic rings. The van der Waals surface area contributed by atoms with Crippen LogP contribution in [0.15, 0.2) is 0 Å². The second-order valence-electron chi connectivity index (χ2n) is 4.22. The standard InChI is InChI=1S/C7H16.C4H8/c1-4-5-6-7(2)3;1-4-2-3-4/h7H,4-6H2,1-3H3;4H,2-3H2,1H3. The Hall–Kier alpha value is 0. The molecule has 0 aromatic carbocycles. The molecule has 0 radical (unpaired) electrons. The predicted molar refractivity (Wildman–Crippen MR) is 52.8 cm³/mol. The van der Waals surface area contributed by atoms with E-state index in [9.17, 15) is 0 Å². The van der Waals surface area contributed by atoms with Gasteiger partial charge >= 0.3 is 0 Å². The van der Waals surface area contributed by atoms with E-state index in [1.165, 1.54) is 32.1 Å². The second kappa shape index (κ2) is 6.69. The third kappa shape index (κ3) is 13.1. The van der Waals surface area contributed by atoms with Crippen molar-refractivity contribution in [3.63, 3.8) is 0 Å². The third-order valence-electron chi connectivity index (χ3n) is 2.00. The monoisotopic (exact) mass is 156 g/mol. The Labute approximate surface area is 72.4 Å². The van der Waals surface area contributed by atoms with Crippen LogP contribution in [0.4, 0.5) is 0 Å². The lowest BCUT2D eigenvalue weighted by molar-refractivity contribution is 0.550.